The zero-order valence-corrected chi connectivity index (χ0v) is 9.74. The number of carboxylic acids is 1. The van der Waals surface area contributed by atoms with Gasteiger partial charge in [-0.2, -0.15) is 0 Å². The Morgan fingerprint density at radius 1 is 1.28 bits per heavy atom. The Kier molecular flexibility index (Phi) is 3.45. The van der Waals surface area contributed by atoms with Gasteiger partial charge in [-0.05, 0) is 25.0 Å². The molecule has 1 saturated heterocycles. The summed E-state index contributed by atoms with van der Waals surface area (Å²) in [5.74, 6) is -0.966. The smallest absolute Gasteiger partial charge is 0.407 e. The van der Waals surface area contributed by atoms with Crippen LogP contribution in [0, 0.1) is 0 Å². The first-order chi connectivity index (χ1) is 8.59. The quantitative estimate of drug-likeness (QED) is 0.832. The maximum atomic E-state index is 11.1. The molecule has 0 radical (unpaired) electrons. The summed E-state index contributed by atoms with van der Waals surface area (Å²) < 4.78 is 0. The minimum absolute atomic E-state index is 0.0212. The van der Waals surface area contributed by atoms with Crippen molar-refractivity contribution in [1.82, 2.24) is 9.88 Å². The van der Waals surface area contributed by atoms with Crippen LogP contribution in [0.3, 0.4) is 0 Å². The standard InChI is InChI=1S/C12H14N2O4/c15-11(16)9-2-1-5-13-10(9)8-3-6-14(7-4-8)12(17)18/h1-2,5,8H,3-4,6-7H2,(H,15,16)(H,17,18). The molecule has 1 aromatic rings. The third kappa shape index (κ3) is 2.42. The third-order valence-electron chi connectivity index (χ3n) is 3.22. The Morgan fingerprint density at radius 2 is 1.94 bits per heavy atom. The van der Waals surface area contributed by atoms with Crippen LogP contribution in [0.15, 0.2) is 18.3 Å². The number of amides is 1. The predicted molar refractivity (Wildman–Crippen MR) is 62.8 cm³/mol. The van der Waals surface area contributed by atoms with Crippen molar-refractivity contribution in [2.45, 2.75) is 18.8 Å². The minimum atomic E-state index is -0.987. The SMILES string of the molecule is O=C(O)c1cccnc1C1CCN(C(=O)O)CC1. The lowest BCUT2D eigenvalue weighted by atomic mass is 9.90. The van der Waals surface area contributed by atoms with Crippen LogP contribution < -0.4 is 0 Å². The number of aromatic nitrogens is 1. The van der Waals surface area contributed by atoms with Crippen LogP contribution in [-0.2, 0) is 0 Å². The number of hydrogen-bond donors (Lipinski definition) is 2. The zero-order chi connectivity index (χ0) is 13.1. The summed E-state index contributed by atoms with van der Waals surface area (Å²) in [6.07, 6.45) is 1.88. The van der Waals surface area contributed by atoms with Crippen LogP contribution in [0.25, 0.3) is 0 Å². The fourth-order valence-corrected chi connectivity index (χ4v) is 2.27. The first kappa shape index (κ1) is 12.3. The molecule has 0 bridgehead atoms. The molecule has 1 fully saturated rings. The molecule has 1 amide bonds. The van der Waals surface area contributed by atoms with Crippen LogP contribution in [-0.4, -0.2) is 45.2 Å². The largest absolute Gasteiger partial charge is 0.478 e. The number of aromatic carboxylic acids is 1. The molecule has 6 nitrogen and oxygen atoms in total. The summed E-state index contributed by atoms with van der Waals surface area (Å²) in [7, 11) is 0. The van der Waals surface area contributed by atoms with Crippen molar-refractivity contribution in [2.24, 2.45) is 0 Å². The maximum absolute atomic E-state index is 11.1. The highest BCUT2D eigenvalue weighted by atomic mass is 16.4. The van der Waals surface area contributed by atoms with Gasteiger partial charge in [0.05, 0.1) is 11.3 Å². The van der Waals surface area contributed by atoms with E-state index in [1.807, 2.05) is 0 Å². The molecule has 18 heavy (non-hydrogen) atoms. The predicted octanol–water partition coefficient (Wildman–Crippen LogP) is 1.64. The first-order valence-electron chi connectivity index (χ1n) is 5.75. The van der Waals surface area contributed by atoms with Gasteiger partial charge in [0.15, 0.2) is 0 Å². The Hall–Kier alpha value is -2.11. The van der Waals surface area contributed by atoms with Gasteiger partial charge < -0.3 is 15.1 Å². The van der Waals surface area contributed by atoms with E-state index in [1.165, 1.54) is 11.0 Å². The molecule has 96 valence electrons. The summed E-state index contributed by atoms with van der Waals surface area (Å²) in [6, 6.07) is 3.13. The molecule has 1 aliphatic rings. The number of hydrogen-bond acceptors (Lipinski definition) is 3. The number of carboxylic acid groups (broad SMARTS) is 2. The number of pyridine rings is 1. The lowest BCUT2D eigenvalue weighted by Gasteiger charge is -2.30. The molecule has 0 saturated carbocycles. The van der Waals surface area contributed by atoms with Gasteiger partial charge in [0, 0.05) is 25.2 Å². The van der Waals surface area contributed by atoms with Crippen LogP contribution >= 0.6 is 0 Å². The van der Waals surface area contributed by atoms with Crippen molar-refractivity contribution in [3.8, 4) is 0 Å². The van der Waals surface area contributed by atoms with Crippen LogP contribution in [0.1, 0.15) is 34.8 Å². The summed E-state index contributed by atoms with van der Waals surface area (Å²) in [4.78, 5) is 27.4. The Bertz CT molecular complexity index is 467. The number of likely N-dealkylation sites (tertiary alicyclic amines) is 1. The van der Waals surface area contributed by atoms with Crippen LogP contribution in [0.5, 0.6) is 0 Å². The topological polar surface area (TPSA) is 90.7 Å². The van der Waals surface area contributed by atoms with Gasteiger partial charge in [-0.3, -0.25) is 4.98 Å². The molecular formula is C12H14N2O4. The van der Waals surface area contributed by atoms with Gasteiger partial charge in [0.2, 0.25) is 0 Å². The molecule has 2 heterocycles. The van der Waals surface area contributed by atoms with Gasteiger partial charge in [-0.15, -0.1) is 0 Å². The van der Waals surface area contributed by atoms with Gasteiger partial charge in [0.1, 0.15) is 0 Å². The fraction of sp³-hybridized carbons (Fsp3) is 0.417. The van der Waals surface area contributed by atoms with Gasteiger partial charge >= 0.3 is 12.1 Å². The molecule has 1 aromatic heterocycles. The maximum Gasteiger partial charge on any atom is 0.407 e. The molecule has 0 unspecified atom stereocenters. The Labute approximate surface area is 104 Å². The third-order valence-corrected chi connectivity index (χ3v) is 3.22. The number of rotatable bonds is 2. The zero-order valence-electron chi connectivity index (χ0n) is 9.74. The molecule has 2 N–H and O–H groups in total. The number of nitrogens with zero attached hydrogens (tertiary/aromatic N) is 2. The summed E-state index contributed by atoms with van der Waals surface area (Å²) >= 11 is 0. The molecule has 0 aliphatic carbocycles. The van der Waals surface area contributed by atoms with Gasteiger partial charge in [-0.1, -0.05) is 0 Å². The van der Waals surface area contributed by atoms with Crippen molar-refractivity contribution in [3.05, 3.63) is 29.6 Å². The van der Waals surface area contributed by atoms with Crippen LogP contribution in [0.2, 0.25) is 0 Å². The lowest BCUT2D eigenvalue weighted by Crippen LogP contribution is -2.37. The van der Waals surface area contributed by atoms with Crippen molar-refractivity contribution >= 4 is 12.1 Å². The van der Waals surface area contributed by atoms with E-state index in [9.17, 15) is 9.59 Å². The monoisotopic (exact) mass is 250 g/mol. The normalized spacial score (nSPS) is 16.6. The first-order valence-corrected chi connectivity index (χ1v) is 5.75. The molecule has 2 rings (SSSR count). The van der Waals surface area contributed by atoms with Gasteiger partial charge in [-0.25, -0.2) is 9.59 Å². The van der Waals surface area contributed by atoms with E-state index in [0.717, 1.165) is 0 Å². The highest BCUT2D eigenvalue weighted by molar-refractivity contribution is 5.89. The van der Waals surface area contributed by atoms with E-state index in [-0.39, 0.29) is 11.5 Å². The van der Waals surface area contributed by atoms with Gasteiger partial charge in [0.25, 0.3) is 0 Å². The molecule has 0 spiro atoms. The number of piperidine rings is 1. The highest BCUT2D eigenvalue weighted by Gasteiger charge is 2.27. The molecular weight excluding hydrogens is 236 g/mol. The van der Waals surface area contributed by atoms with Crippen molar-refractivity contribution in [3.63, 3.8) is 0 Å². The summed E-state index contributed by atoms with van der Waals surface area (Å²) in [5.41, 5.74) is 0.779. The second kappa shape index (κ2) is 5.03. The minimum Gasteiger partial charge on any atom is -0.478 e. The number of carbonyl (C=O) groups is 2. The summed E-state index contributed by atoms with van der Waals surface area (Å²) in [5, 5.41) is 17.9. The van der Waals surface area contributed by atoms with Crippen molar-refractivity contribution < 1.29 is 19.8 Å². The van der Waals surface area contributed by atoms with E-state index < -0.39 is 12.1 Å². The average Bonchev–Trinajstić information content (AvgIpc) is 2.39. The van der Waals surface area contributed by atoms with Crippen molar-refractivity contribution in [2.75, 3.05) is 13.1 Å². The van der Waals surface area contributed by atoms with Crippen LogP contribution in [0.4, 0.5) is 4.79 Å². The molecule has 6 heteroatoms. The Balaban J connectivity index is 2.15. The lowest BCUT2D eigenvalue weighted by molar-refractivity contribution is 0.0692. The summed E-state index contributed by atoms with van der Waals surface area (Å²) in [6.45, 7) is 0.852. The molecule has 0 atom stereocenters. The highest BCUT2D eigenvalue weighted by Crippen LogP contribution is 2.28. The van der Waals surface area contributed by atoms with E-state index in [2.05, 4.69) is 4.98 Å². The van der Waals surface area contributed by atoms with E-state index in [1.54, 1.807) is 12.3 Å². The Morgan fingerprint density at radius 3 is 2.50 bits per heavy atom. The second-order valence-corrected chi connectivity index (χ2v) is 4.29. The average molecular weight is 250 g/mol. The van der Waals surface area contributed by atoms with E-state index >= 15 is 0 Å². The fourth-order valence-electron chi connectivity index (χ4n) is 2.27. The van der Waals surface area contributed by atoms with Crippen molar-refractivity contribution in [1.29, 1.82) is 0 Å². The van der Waals surface area contributed by atoms with E-state index in [4.69, 9.17) is 10.2 Å². The van der Waals surface area contributed by atoms with E-state index in [0.29, 0.717) is 31.6 Å². The molecule has 1 aliphatic heterocycles. The second-order valence-electron chi connectivity index (χ2n) is 4.29. The molecule has 0 aromatic carbocycles.